The molecule has 0 saturated carbocycles. The maximum atomic E-state index is 11.1. The van der Waals surface area contributed by atoms with Crippen LogP contribution in [0.5, 0.6) is 5.75 Å². The highest BCUT2D eigenvalue weighted by molar-refractivity contribution is 6.28. The van der Waals surface area contributed by atoms with E-state index < -0.39 is 6.09 Å². The van der Waals surface area contributed by atoms with E-state index in [2.05, 4.69) is 25.0 Å². The van der Waals surface area contributed by atoms with Crippen molar-refractivity contribution in [2.75, 3.05) is 13.7 Å². The zero-order valence-electron chi connectivity index (χ0n) is 9.81. The lowest BCUT2D eigenvalue weighted by Gasteiger charge is -2.06. The van der Waals surface area contributed by atoms with Crippen LogP contribution >= 0.6 is 11.6 Å². The summed E-state index contributed by atoms with van der Waals surface area (Å²) in [5.74, 6) is 0.182. The Labute approximate surface area is 108 Å². The van der Waals surface area contributed by atoms with Crippen LogP contribution in [0.1, 0.15) is 6.92 Å². The number of hydrogen-bond acceptors (Lipinski definition) is 6. The molecule has 1 aromatic heterocycles. The third-order valence-corrected chi connectivity index (χ3v) is 1.84. The Kier molecular flexibility index (Phi) is 5.12. The number of aliphatic imine (C=N–C) groups is 1. The molecule has 1 amide bonds. The summed E-state index contributed by atoms with van der Waals surface area (Å²) in [6.07, 6.45) is 0.629. The average Bonchev–Trinajstić information content (AvgIpc) is 2.29. The minimum absolute atomic E-state index is 0.0153. The molecule has 1 rings (SSSR count). The molecule has 0 unspecified atom stereocenters. The Hall–Kier alpha value is -2.09. The molecule has 9 heteroatoms. The van der Waals surface area contributed by atoms with Crippen LogP contribution in [-0.2, 0) is 4.74 Å². The van der Waals surface area contributed by atoms with Crippen molar-refractivity contribution in [3.05, 3.63) is 11.5 Å². The third-order valence-electron chi connectivity index (χ3n) is 1.66. The number of carbonyl (C=O) groups excluding carboxylic acids is 1. The Morgan fingerprint density at radius 1 is 1.67 bits per heavy atom. The number of methoxy groups -OCH3 is 1. The van der Waals surface area contributed by atoms with Crippen LogP contribution in [0.15, 0.2) is 11.2 Å². The summed E-state index contributed by atoms with van der Waals surface area (Å²) in [6, 6.07) is 0. The molecule has 3 N–H and O–H groups in total. The Morgan fingerprint density at radius 2 is 2.39 bits per heavy atom. The number of aromatic nitrogens is 2. The highest BCUT2D eigenvalue weighted by Crippen LogP contribution is 2.24. The molecule has 8 nitrogen and oxygen atoms in total. The largest absolute Gasteiger partial charge is 0.491 e. The van der Waals surface area contributed by atoms with Crippen LogP contribution < -0.4 is 15.8 Å². The lowest BCUT2D eigenvalue weighted by molar-refractivity contribution is 0.157. The van der Waals surface area contributed by atoms with Gasteiger partial charge in [0.1, 0.15) is 0 Å². The van der Waals surface area contributed by atoms with E-state index >= 15 is 0 Å². The molecule has 0 atom stereocenters. The van der Waals surface area contributed by atoms with Crippen LogP contribution in [0.4, 0.5) is 10.6 Å². The lowest BCUT2D eigenvalue weighted by atomic mass is 10.5. The minimum Gasteiger partial charge on any atom is -0.491 e. The first-order chi connectivity index (χ1) is 8.56. The fourth-order valence-electron chi connectivity index (χ4n) is 0.979. The predicted octanol–water partition coefficient (Wildman–Crippen LogP) is 0.831. The van der Waals surface area contributed by atoms with Crippen LogP contribution in [0, 0.1) is 0 Å². The summed E-state index contributed by atoms with van der Waals surface area (Å²) in [5, 5.41) is 2.19. The van der Waals surface area contributed by atoms with E-state index in [1.807, 2.05) is 0 Å². The van der Waals surface area contributed by atoms with Gasteiger partial charge in [0.25, 0.3) is 0 Å². The SMILES string of the molecule is CCOC(=O)NC(N)=Nc1nc(Cl)ncc1OC. The molecule has 0 bridgehead atoms. The van der Waals surface area contributed by atoms with E-state index in [-0.39, 0.29) is 29.4 Å². The van der Waals surface area contributed by atoms with Gasteiger partial charge in [-0.1, -0.05) is 0 Å². The zero-order valence-corrected chi connectivity index (χ0v) is 10.6. The highest BCUT2D eigenvalue weighted by Gasteiger charge is 2.08. The normalized spacial score (nSPS) is 10.9. The number of carbonyl (C=O) groups is 1. The fourth-order valence-corrected chi connectivity index (χ4v) is 1.11. The van der Waals surface area contributed by atoms with Gasteiger partial charge in [-0.25, -0.2) is 9.78 Å². The maximum absolute atomic E-state index is 11.1. The molecule has 0 fully saturated rings. The van der Waals surface area contributed by atoms with Gasteiger partial charge in [-0.05, 0) is 18.5 Å². The zero-order chi connectivity index (χ0) is 13.5. The first kappa shape index (κ1) is 14.0. The number of amides is 1. The molecule has 0 radical (unpaired) electrons. The summed E-state index contributed by atoms with van der Waals surface area (Å²) >= 11 is 5.61. The van der Waals surface area contributed by atoms with Crippen LogP contribution in [0.2, 0.25) is 5.28 Å². The van der Waals surface area contributed by atoms with Gasteiger partial charge in [-0.15, -0.1) is 0 Å². The molecule has 0 aliphatic rings. The summed E-state index contributed by atoms with van der Waals surface area (Å²) in [5.41, 5.74) is 5.49. The number of ether oxygens (including phenoxy) is 2. The first-order valence-corrected chi connectivity index (χ1v) is 5.29. The van der Waals surface area contributed by atoms with E-state index in [1.54, 1.807) is 6.92 Å². The van der Waals surface area contributed by atoms with Gasteiger partial charge in [0.15, 0.2) is 5.75 Å². The number of halogens is 1. The van der Waals surface area contributed by atoms with E-state index in [0.717, 1.165) is 0 Å². The summed E-state index contributed by atoms with van der Waals surface area (Å²) in [6.45, 7) is 1.89. The number of nitrogens with zero attached hydrogens (tertiary/aromatic N) is 3. The van der Waals surface area contributed by atoms with E-state index in [4.69, 9.17) is 22.1 Å². The Bertz CT molecular complexity index is 466. The summed E-state index contributed by atoms with van der Waals surface area (Å²) < 4.78 is 9.59. The maximum Gasteiger partial charge on any atom is 0.413 e. The molecule has 18 heavy (non-hydrogen) atoms. The highest BCUT2D eigenvalue weighted by atomic mass is 35.5. The van der Waals surface area contributed by atoms with Gasteiger partial charge in [0, 0.05) is 0 Å². The number of hydrogen-bond donors (Lipinski definition) is 2. The standard InChI is InChI=1S/C9H12ClN5O3/c1-3-18-9(16)15-8(11)14-6-5(17-2)4-12-7(10)13-6/h4H,3H2,1-2H3,(H3,11,12,13,14,15,16). The predicted molar refractivity (Wildman–Crippen MR) is 65.0 cm³/mol. The second-order valence-electron chi connectivity index (χ2n) is 2.87. The molecular formula is C9H12ClN5O3. The average molecular weight is 274 g/mol. The van der Waals surface area contributed by atoms with E-state index in [1.165, 1.54) is 13.3 Å². The smallest absolute Gasteiger partial charge is 0.413 e. The summed E-state index contributed by atoms with van der Waals surface area (Å²) in [4.78, 5) is 22.4. The number of rotatable bonds is 3. The number of alkyl carbamates (subject to hydrolysis) is 1. The van der Waals surface area contributed by atoms with Crippen LogP contribution in [-0.4, -0.2) is 35.7 Å². The molecular weight excluding hydrogens is 262 g/mol. The molecule has 0 saturated heterocycles. The van der Waals surface area contributed by atoms with Crippen molar-refractivity contribution in [1.82, 2.24) is 15.3 Å². The van der Waals surface area contributed by atoms with Gasteiger partial charge >= 0.3 is 6.09 Å². The van der Waals surface area contributed by atoms with Crippen LogP contribution in [0.3, 0.4) is 0 Å². The molecule has 0 aromatic carbocycles. The van der Waals surface area contributed by atoms with Gasteiger partial charge < -0.3 is 15.2 Å². The third kappa shape index (κ3) is 4.06. The van der Waals surface area contributed by atoms with Crippen molar-refractivity contribution < 1.29 is 14.3 Å². The molecule has 1 aromatic rings. The fraction of sp³-hybridized carbons (Fsp3) is 0.333. The lowest BCUT2D eigenvalue weighted by Crippen LogP contribution is -2.36. The molecule has 0 aliphatic carbocycles. The molecule has 98 valence electrons. The van der Waals surface area contributed by atoms with Crippen molar-refractivity contribution in [3.8, 4) is 5.75 Å². The quantitative estimate of drug-likeness (QED) is 0.479. The van der Waals surface area contributed by atoms with E-state index in [9.17, 15) is 4.79 Å². The monoisotopic (exact) mass is 273 g/mol. The second-order valence-corrected chi connectivity index (χ2v) is 3.21. The molecule has 0 spiro atoms. The Balaban J connectivity index is 2.87. The van der Waals surface area contributed by atoms with Crippen molar-refractivity contribution in [3.63, 3.8) is 0 Å². The minimum atomic E-state index is -0.710. The van der Waals surface area contributed by atoms with Gasteiger partial charge in [-0.3, -0.25) is 5.32 Å². The second kappa shape index (κ2) is 6.60. The molecule has 0 aliphatic heterocycles. The van der Waals surface area contributed by atoms with Crippen molar-refractivity contribution in [1.29, 1.82) is 0 Å². The number of nitrogens with two attached hydrogens (primary N) is 1. The van der Waals surface area contributed by atoms with Crippen molar-refractivity contribution in [2.24, 2.45) is 10.7 Å². The van der Waals surface area contributed by atoms with Gasteiger partial charge in [-0.2, -0.15) is 9.98 Å². The van der Waals surface area contributed by atoms with Crippen molar-refractivity contribution >= 4 is 29.5 Å². The van der Waals surface area contributed by atoms with E-state index in [0.29, 0.717) is 0 Å². The van der Waals surface area contributed by atoms with Gasteiger partial charge in [0.2, 0.25) is 17.1 Å². The van der Waals surface area contributed by atoms with Crippen LogP contribution in [0.25, 0.3) is 0 Å². The number of nitrogens with one attached hydrogen (secondary N) is 1. The first-order valence-electron chi connectivity index (χ1n) is 4.91. The number of guanidine groups is 1. The molecule has 1 heterocycles. The van der Waals surface area contributed by atoms with Crippen molar-refractivity contribution in [2.45, 2.75) is 6.92 Å². The van der Waals surface area contributed by atoms with Gasteiger partial charge in [0.05, 0.1) is 19.9 Å². The summed E-state index contributed by atoms with van der Waals surface area (Å²) in [7, 11) is 1.42. The topological polar surface area (TPSA) is 112 Å². The Morgan fingerprint density at radius 3 is 3.00 bits per heavy atom.